The quantitative estimate of drug-likeness (QED) is 0.644. The van der Waals surface area contributed by atoms with Crippen LogP contribution in [0, 0.1) is 0 Å². The van der Waals surface area contributed by atoms with Gasteiger partial charge in [0.05, 0.1) is 12.1 Å². The summed E-state index contributed by atoms with van der Waals surface area (Å²) in [6, 6.07) is 30.3. The van der Waals surface area contributed by atoms with Crippen LogP contribution in [0.5, 0.6) is 0 Å². The van der Waals surface area contributed by atoms with Crippen LogP contribution in [0.25, 0.3) is 0 Å². The Balaban J connectivity index is 0.00000225. The number of benzene rings is 3. The van der Waals surface area contributed by atoms with Crippen molar-refractivity contribution >= 4 is 12.4 Å². The van der Waals surface area contributed by atoms with Crippen LogP contribution >= 0.6 is 12.4 Å². The molecule has 0 saturated carbocycles. The lowest BCUT2D eigenvalue weighted by molar-refractivity contribution is 0.129. The highest BCUT2D eigenvalue weighted by molar-refractivity contribution is 5.85. The summed E-state index contributed by atoms with van der Waals surface area (Å²) in [5, 5.41) is 14.4. The molecule has 25 heavy (non-hydrogen) atoms. The Labute approximate surface area is 156 Å². The Morgan fingerprint density at radius 1 is 0.680 bits per heavy atom. The lowest BCUT2D eigenvalue weighted by Crippen LogP contribution is -2.29. The first-order valence-corrected chi connectivity index (χ1v) is 8.40. The first-order valence-electron chi connectivity index (χ1n) is 8.40. The maximum atomic E-state index is 10.9. The number of aliphatic hydroxyl groups is 1. The van der Waals surface area contributed by atoms with Crippen LogP contribution in [-0.4, -0.2) is 11.7 Å². The summed E-state index contributed by atoms with van der Waals surface area (Å²) in [6.07, 6.45) is 0.357. The number of nitrogens with one attached hydrogen (secondary N) is 1. The highest BCUT2D eigenvalue weighted by Crippen LogP contribution is 2.28. The largest absolute Gasteiger partial charge is 0.386 e. The standard InChI is InChI=1S/C22H23NO.ClH/c24-22(20-14-8-3-9-15-20)21(19-12-6-2-7-13-19)23-17-16-18-10-4-1-5-11-18;/h1-15,21-24H,16-17H2;1H. The van der Waals surface area contributed by atoms with Crippen LogP contribution in [0.2, 0.25) is 0 Å². The molecule has 0 fully saturated rings. The second-order valence-corrected chi connectivity index (χ2v) is 5.93. The van der Waals surface area contributed by atoms with Crippen molar-refractivity contribution in [3.05, 3.63) is 108 Å². The average Bonchev–Trinajstić information content (AvgIpc) is 2.67. The zero-order valence-corrected chi connectivity index (χ0v) is 14.9. The van der Waals surface area contributed by atoms with Crippen LogP contribution in [0.15, 0.2) is 91.0 Å². The number of rotatable bonds is 7. The molecule has 0 amide bonds. The van der Waals surface area contributed by atoms with Gasteiger partial charge in [0.1, 0.15) is 0 Å². The Bertz CT molecular complexity index is 719. The molecule has 2 unspecified atom stereocenters. The normalized spacial score (nSPS) is 12.8. The number of halogens is 1. The van der Waals surface area contributed by atoms with E-state index in [9.17, 15) is 5.11 Å². The van der Waals surface area contributed by atoms with Gasteiger partial charge >= 0.3 is 0 Å². The third kappa shape index (κ3) is 5.43. The smallest absolute Gasteiger partial charge is 0.0984 e. The molecule has 0 aliphatic heterocycles. The molecule has 0 radical (unpaired) electrons. The van der Waals surface area contributed by atoms with Crippen molar-refractivity contribution in [2.24, 2.45) is 0 Å². The van der Waals surface area contributed by atoms with Crippen LogP contribution in [0.1, 0.15) is 28.8 Å². The third-order valence-electron chi connectivity index (χ3n) is 4.24. The first kappa shape index (κ1) is 19.2. The van der Waals surface area contributed by atoms with Crippen molar-refractivity contribution < 1.29 is 5.11 Å². The van der Waals surface area contributed by atoms with Crippen LogP contribution in [0.3, 0.4) is 0 Å². The molecule has 0 bridgehead atoms. The fourth-order valence-electron chi connectivity index (χ4n) is 2.93. The molecule has 3 heteroatoms. The van der Waals surface area contributed by atoms with Gasteiger partial charge in [-0.15, -0.1) is 12.4 Å². The van der Waals surface area contributed by atoms with E-state index in [2.05, 4.69) is 41.7 Å². The summed E-state index contributed by atoms with van der Waals surface area (Å²) >= 11 is 0. The van der Waals surface area contributed by atoms with Crippen LogP contribution in [0.4, 0.5) is 0 Å². The molecule has 0 aliphatic rings. The second-order valence-electron chi connectivity index (χ2n) is 5.93. The summed E-state index contributed by atoms with van der Waals surface area (Å²) < 4.78 is 0. The van der Waals surface area contributed by atoms with Gasteiger partial charge in [0.25, 0.3) is 0 Å². The molecule has 2 atom stereocenters. The topological polar surface area (TPSA) is 32.3 Å². The van der Waals surface area contributed by atoms with Crippen molar-refractivity contribution in [2.45, 2.75) is 18.6 Å². The van der Waals surface area contributed by atoms with Gasteiger partial charge in [-0.25, -0.2) is 0 Å². The fourth-order valence-corrected chi connectivity index (χ4v) is 2.93. The fraction of sp³-hybridized carbons (Fsp3) is 0.182. The molecule has 3 aromatic rings. The van der Waals surface area contributed by atoms with E-state index in [1.165, 1.54) is 5.56 Å². The molecule has 3 rings (SSSR count). The Hall–Kier alpha value is -2.13. The zero-order chi connectivity index (χ0) is 16.6. The van der Waals surface area contributed by atoms with Crippen molar-refractivity contribution in [3.8, 4) is 0 Å². The molecule has 130 valence electrons. The van der Waals surface area contributed by atoms with E-state index >= 15 is 0 Å². The minimum Gasteiger partial charge on any atom is -0.386 e. The monoisotopic (exact) mass is 353 g/mol. The Morgan fingerprint density at radius 3 is 1.72 bits per heavy atom. The second kappa shape index (κ2) is 10.00. The van der Waals surface area contributed by atoms with Crippen LogP contribution < -0.4 is 5.32 Å². The molecular weight excluding hydrogens is 330 g/mol. The number of hydrogen-bond donors (Lipinski definition) is 2. The Kier molecular flexibility index (Phi) is 7.68. The van der Waals surface area contributed by atoms with Crippen molar-refractivity contribution in [1.29, 1.82) is 0 Å². The molecule has 0 aliphatic carbocycles. The van der Waals surface area contributed by atoms with Gasteiger partial charge in [0, 0.05) is 0 Å². The molecule has 0 heterocycles. The lowest BCUT2D eigenvalue weighted by Gasteiger charge is -2.25. The predicted molar refractivity (Wildman–Crippen MR) is 106 cm³/mol. The molecule has 0 aromatic heterocycles. The van der Waals surface area contributed by atoms with Crippen LogP contribution in [-0.2, 0) is 6.42 Å². The number of hydrogen-bond acceptors (Lipinski definition) is 2. The molecular formula is C22H24ClNO. The molecule has 3 aromatic carbocycles. The number of aliphatic hydroxyl groups excluding tert-OH is 1. The minimum absolute atomic E-state index is 0. The first-order chi connectivity index (χ1) is 11.8. The van der Waals surface area contributed by atoms with Crippen molar-refractivity contribution in [2.75, 3.05) is 6.54 Å². The van der Waals surface area contributed by atoms with E-state index in [0.717, 1.165) is 24.1 Å². The average molecular weight is 354 g/mol. The maximum Gasteiger partial charge on any atom is 0.0984 e. The molecule has 0 saturated heterocycles. The van der Waals surface area contributed by atoms with Crippen molar-refractivity contribution in [3.63, 3.8) is 0 Å². The van der Waals surface area contributed by atoms with E-state index in [0.29, 0.717) is 0 Å². The highest BCUT2D eigenvalue weighted by atomic mass is 35.5. The van der Waals surface area contributed by atoms with E-state index in [1.807, 2.05) is 54.6 Å². The Morgan fingerprint density at radius 2 is 1.16 bits per heavy atom. The van der Waals surface area contributed by atoms with Gasteiger partial charge in [-0.2, -0.15) is 0 Å². The van der Waals surface area contributed by atoms with Gasteiger partial charge < -0.3 is 10.4 Å². The third-order valence-corrected chi connectivity index (χ3v) is 4.24. The molecule has 0 spiro atoms. The van der Waals surface area contributed by atoms with Gasteiger partial charge in [0.2, 0.25) is 0 Å². The van der Waals surface area contributed by atoms with E-state index in [1.54, 1.807) is 0 Å². The molecule has 2 N–H and O–H groups in total. The summed E-state index contributed by atoms with van der Waals surface area (Å²) in [5.41, 5.74) is 3.33. The SMILES string of the molecule is Cl.OC(c1ccccc1)C(NCCc1ccccc1)c1ccccc1. The maximum absolute atomic E-state index is 10.9. The zero-order valence-electron chi connectivity index (χ0n) is 14.1. The summed E-state index contributed by atoms with van der Waals surface area (Å²) in [5.74, 6) is 0. The predicted octanol–water partition coefficient (Wildman–Crippen LogP) is 4.72. The van der Waals surface area contributed by atoms with E-state index < -0.39 is 6.10 Å². The minimum atomic E-state index is -0.579. The van der Waals surface area contributed by atoms with Gasteiger partial charge in [0.15, 0.2) is 0 Å². The van der Waals surface area contributed by atoms with Gasteiger partial charge in [-0.05, 0) is 29.7 Å². The molecule has 2 nitrogen and oxygen atoms in total. The van der Waals surface area contributed by atoms with Gasteiger partial charge in [-0.3, -0.25) is 0 Å². The van der Waals surface area contributed by atoms with Crippen molar-refractivity contribution in [1.82, 2.24) is 5.32 Å². The van der Waals surface area contributed by atoms with E-state index in [-0.39, 0.29) is 18.4 Å². The lowest BCUT2D eigenvalue weighted by atomic mass is 9.95. The van der Waals surface area contributed by atoms with Gasteiger partial charge in [-0.1, -0.05) is 91.0 Å². The summed E-state index contributed by atoms with van der Waals surface area (Å²) in [6.45, 7) is 0.813. The summed E-state index contributed by atoms with van der Waals surface area (Å²) in [7, 11) is 0. The van der Waals surface area contributed by atoms with E-state index in [4.69, 9.17) is 0 Å². The summed E-state index contributed by atoms with van der Waals surface area (Å²) in [4.78, 5) is 0. The highest BCUT2D eigenvalue weighted by Gasteiger charge is 2.21.